The first-order valence-corrected chi connectivity index (χ1v) is 10.9. The zero-order valence-corrected chi connectivity index (χ0v) is 18.4. The van der Waals surface area contributed by atoms with Gasteiger partial charge in [0.1, 0.15) is 0 Å². The number of amides is 1. The van der Waals surface area contributed by atoms with Gasteiger partial charge in [-0.3, -0.25) is 9.89 Å². The smallest absolute Gasteiger partial charge is 0.247 e. The second-order valence-corrected chi connectivity index (χ2v) is 7.78. The number of aromatic amines is 1. The van der Waals surface area contributed by atoms with Gasteiger partial charge in [-0.1, -0.05) is 24.8 Å². The van der Waals surface area contributed by atoms with Crippen LogP contribution < -0.4 is 21.3 Å². The van der Waals surface area contributed by atoms with Crippen molar-refractivity contribution in [1.82, 2.24) is 20.2 Å². The van der Waals surface area contributed by atoms with Crippen LogP contribution in [-0.4, -0.2) is 52.4 Å². The third-order valence-corrected chi connectivity index (χ3v) is 5.51. The molecule has 0 unspecified atom stereocenters. The highest BCUT2D eigenvalue weighted by molar-refractivity contribution is 6.01. The van der Waals surface area contributed by atoms with Crippen molar-refractivity contribution in [1.29, 1.82) is 0 Å². The molecule has 0 saturated carbocycles. The van der Waals surface area contributed by atoms with Crippen molar-refractivity contribution < 1.29 is 9.53 Å². The Hall–Kier alpha value is -4.44. The van der Waals surface area contributed by atoms with Crippen LogP contribution in [0.3, 0.4) is 0 Å². The molecule has 10 heteroatoms. The van der Waals surface area contributed by atoms with Crippen LogP contribution in [0.15, 0.2) is 61.2 Å². The summed E-state index contributed by atoms with van der Waals surface area (Å²) in [7, 11) is 0. The lowest BCUT2D eigenvalue weighted by atomic mass is 10.1. The van der Waals surface area contributed by atoms with Crippen molar-refractivity contribution in [2.45, 2.75) is 0 Å². The predicted molar refractivity (Wildman–Crippen MR) is 133 cm³/mol. The summed E-state index contributed by atoms with van der Waals surface area (Å²) in [6.45, 7) is 6.62. The number of aromatic nitrogens is 4. The summed E-state index contributed by atoms with van der Waals surface area (Å²) in [6, 6.07) is 15.4. The monoisotopic (exact) mass is 456 g/mol. The topological polar surface area (TPSA) is 134 Å². The maximum atomic E-state index is 11.7. The number of nitrogens with two attached hydrogens (primary N) is 1. The van der Waals surface area contributed by atoms with E-state index in [2.05, 4.69) is 49.4 Å². The minimum atomic E-state index is -0.296. The van der Waals surface area contributed by atoms with Crippen LogP contribution in [0.2, 0.25) is 0 Å². The van der Waals surface area contributed by atoms with Gasteiger partial charge in [-0.2, -0.15) is 10.1 Å². The number of hydrogen-bond acceptors (Lipinski definition) is 8. The Bertz CT molecular complexity index is 1360. The highest BCUT2D eigenvalue weighted by Gasteiger charge is 2.17. The molecular formula is C24H24N8O2. The van der Waals surface area contributed by atoms with Crippen LogP contribution in [0.4, 0.5) is 28.8 Å². The maximum Gasteiger partial charge on any atom is 0.247 e. The predicted octanol–water partition coefficient (Wildman–Crippen LogP) is 3.31. The lowest BCUT2D eigenvalue weighted by Crippen LogP contribution is -2.36. The van der Waals surface area contributed by atoms with Crippen LogP contribution in [0.1, 0.15) is 0 Å². The molecule has 5 rings (SSSR count). The summed E-state index contributed by atoms with van der Waals surface area (Å²) in [4.78, 5) is 23.3. The number of nitrogen functional groups attached to an aromatic ring is 1. The number of nitrogens with zero attached hydrogens (tertiary/aromatic N) is 4. The Morgan fingerprint density at radius 2 is 1.91 bits per heavy atom. The van der Waals surface area contributed by atoms with Crippen molar-refractivity contribution in [3.05, 3.63) is 61.2 Å². The van der Waals surface area contributed by atoms with Crippen LogP contribution in [0, 0.1) is 0 Å². The van der Waals surface area contributed by atoms with E-state index in [0.29, 0.717) is 47.4 Å². The van der Waals surface area contributed by atoms with Gasteiger partial charge in [-0.25, -0.2) is 4.98 Å². The average Bonchev–Trinajstić information content (AvgIpc) is 3.25. The third-order valence-electron chi connectivity index (χ3n) is 5.51. The quantitative estimate of drug-likeness (QED) is 0.325. The molecule has 1 fully saturated rings. The zero-order chi connectivity index (χ0) is 23.5. The first-order valence-electron chi connectivity index (χ1n) is 10.9. The van der Waals surface area contributed by atoms with E-state index >= 15 is 0 Å². The van der Waals surface area contributed by atoms with Gasteiger partial charge in [-0.15, -0.1) is 0 Å². The second kappa shape index (κ2) is 9.20. The summed E-state index contributed by atoms with van der Waals surface area (Å²) in [5.41, 5.74) is 10.6. The first-order chi connectivity index (χ1) is 16.6. The fraction of sp³-hybridized carbons (Fsp3) is 0.167. The van der Waals surface area contributed by atoms with E-state index in [-0.39, 0.29) is 5.91 Å². The Morgan fingerprint density at radius 1 is 1.12 bits per heavy atom. The number of ether oxygens (including phenoxy) is 1. The molecule has 10 nitrogen and oxygen atoms in total. The number of anilines is 5. The number of fused-ring (bicyclic) bond motifs is 1. The molecule has 0 bridgehead atoms. The van der Waals surface area contributed by atoms with Gasteiger partial charge in [-0.05, 0) is 36.4 Å². The van der Waals surface area contributed by atoms with Gasteiger partial charge >= 0.3 is 0 Å². The Kier molecular flexibility index (Phi) is 5.79. The van der Waals surface area contributed by atoms with E-state index in [1.165, 1.54) is 6.08 Å². The molecule has 0 spiro atoms. The van der Waals surface area contributed by atoms with Gasteiger partial charge in [0, 0.05) is 35.7 Å². The van der Waals surface area contributed by atoms with Crippen molar-refractivity contribution in [2.24, 2.45) is 0 Å². The van der Waals surface area contributed by atoms with Gasteiger partial charge in [0.15, 0.2) is 11.5 Å². The molecule has 5 N–H and O–H groups in total. The van der Waals surface area contributed by atoms with E-state index in [1.54, 1.807) is 6.07 Å². The number of carbonyl (C=O) groups excluding carboxylic acids is 1. The van der Waals surface area contributed by atoms with Crippen molar-refractivity contribution >= 4 is 45.8 Å². The lowest BCUT2D eigenvalue weighted by molar-refractivity contribution is -0.111. The minimum absolute atomic E-state index is 0.296. The fourth-order valence-electron chi connectivity index (χ4n) is 3.89. The van der Waals surface area contributed by atoms with Crippen LogP contribution in [0.5, 0.6) is 0 Å². The molecule has 34 heavy (non-hydrogen) atoms. The summed E-state index contributed by atoms with van der Waals surface area (Å²) in [5.74, 6) is 0.396. The maximum absolute atomic E-state index is 11.7. The zero-order valence-electron chi connectivity index (χ0n) is 18.4. The van der Waals surface area contributed by atoms with Crippen molar-refractivity contribution in [3.8, 4) is 11.3 Å². The van der Waals surface area contributed by atoms with Gasteiger partial charge < -0.3 is 26.0 Å². The number of rotatable bonds is 6. The standard InChI is InChI=1S/C24H24N8O2/c1-2-19(33)26-16-6-3-5-15(13-16)21-20-22(25)30-31-23(20)29-24(28-21)27-17-7-4-8-18(14-17)32-9-11-34-12-10-32/h2-8,13-14H,1,9-12H2,(H,26,33)(H4,25,27,28,29,30,31). The van der Waals surface area contributed by atoms with Gasteiger partial charge in [0.2, 0.25) is 11.9 Å². The van der Waals surface area contributed by atoms with E-state index < -0.39 is 0 Å². The molecular weight excluding hydrogens is 432 g/mol. The Labute approximate surface area is 195 Å². The summed E-state index contributed by atoms with van der Waals surface area (Å²) in [5, 5.41) is 13.7. The minimum Gasteiger partial charge on any atom is -0.382 e. The average molecular weight is 457 g/mol. The number of H-pyrrole nitrogens is 1. The Morgan fingerprint density at radius 3 is 2.74 bits per heavy atom. The molecule has 0 radical (unpaired) electrons. The van der Waals surface area contributed by atoms with E-state index in [9.17, 15) is 4.79 Å². The van der Waals surface area contributed by atoms with Crippen molar-refractivity contribution in [3.63, 3.8) is 0 Å². The largest absolute Gasteiger partial charge is 0.382 e. The van der Waals surface area contributed by atoms with Crippen LogP contribution >= 0.6 is 0 Å². The molecule has 1 aliphatic rings. The van der Waals surface area contributed by atoms with Crippen molar-refractivity contribution in [2.75, 3.05) is 47.6 Å². The number of benzene rings is 2. The molecule has 1 aliphatic heterocycles. The molecule has 2 aromatic carbocycles. The molecule has 1 amide bonds. The second-order valence-electron chi connectivity index (χ2n) is 7.78. The van der Waals surface area contributed by atoms with Gasteiger partial charge in [0.25, 0.3) is 0 Å². The summed E-state index contributed by atoms with van der Waals surface area (Å²) in [6.07, 6.45) is 1.22. The molecule has 4 aromatic rings. The van der Waals surface area contributed by atoms with E-state index in [4.69, 9.17) is 15.5 Å². The number of carbonyl (C=O) groups is 1. The first kappa shape index (κ1) is 21.4. The highest BCUT2D eigenvalue weighted by Crippen LogP contribution is 2.32. The van der Waals surface area contributed by atoms with E-state index in [1.807, 2.05) is 30.3 Å². The molecule has 0 atom stereocenters. The van der Waals surface area contributed by atoms with E-state index in [0.717, 1.165) is 30.0 Å². The fourth-order valence-corrected chi connectivity index (χ4v) is 3.89. The lowest BCUT2D eigenvalue weighted by Gasteiger charge is -2.29. The molecule has 3 heterocycles. The Balaban J connectivity index is 1.50. The number of hydrogen-bond donors (Lipinski definition) is 4. The summed E-state index contributed by atoms with van der Waals surface area (Å²) < 4.78 is 5.46. The van der Waals surface area contributed by atoms with Gasteiger partial charge in [0.05, 0.1) is 24.3 Å². The SMILES string of the molecule is C=CC(=O)Nc1cccc(-c2nc(Nc3cccc(N4CCOCC4)c3)nc3[nH]nc(N)c23)c1. The van der Waals surface area contributed by atoms with Crippen LogP contribution in [0.25, 0.3) is 22.3 Å². The third kappa shape index (κ3) is 4.39. The molecule has 0 aliphatic carbocycles. The molecule has 172 valence electrons. The highest BCUT2D eigenvalue weighted by atomic mass is 16.5. The summed E-state index contributed by atoms with van der Waals surface area (Å²) >= 11 is 0. The van der Waals surface area contributed by atoms with Crippen LogP contribution in [-0.2, 0) is 9.53 Å². The molecule has 2 aromatic heterocycles. The molecule has 1 saturated heterocycles. The number of nitrogens with one attached hydrogen (secondary N) is 3. The normalized spacial score (nSPS) is 13.6. The number of morpholine rings is 1.